The molecule has 3 N–H and O–H groups in total. The van der Waals surface area contributed by atoms with Crippen LogP contribution in [0.3, 0.4) is 0 Å². The van der Waals surface area contributed by atoms with Crippen molar-refractivity contribution < 1.29 is 19.1 Å². The van der Waals surface area contributed by atoms with Crippen LogP contribution in [0, 0.1) is 6.92 Å². The number of carbonyl (C=O) groups excluding carboxylic acids is 2. The Morgan fingerprint density at radius 1 is 0.938 bits per heavy atom. The number of halogens is 2. The third-order valence-electron chi connectivity index (χ3n) is 7.37. The number of para-hydroxylation sites is 1. The van der Waals surface area contributed by atoms with Gasteiger partial charge in [0.25, 0.3) is 5.56 Å². The molecule has 2 aromatic heterocycles. The van der Waals surface area contributed by atoms with Crippen molar-refractivity contribution in [3.8, 4) is 22.6 Å². The Balaban J connectivity index is 1.69. The molecule has 13 heteroatoms. The highest BCUT2D eigenvalue weighted by Crippen LogP contribution is 2.45. The summed E-state index contributed by atoms with van der Waals surface area (Å²) in [4.78, 5) is 47.6. The van der Waals surface area contributed by atoms with Gasteiger partial charge in [0.1, 0.15) is 17.1 Å². The lowest BCUT2D eigenvalue weighted by Gasteiger charge is -2.18. The first-order valence-electron chi connectivity index (χ1n) is 14.4. The third-order valence-corrected chi connectivity index (χ3v) is 8.12. The number of aromatic nitrogens is 3. The number of nitrogens with zero attached hydrogens (tertiary/aromatic N) is 3. The van der Waals surface area contributed by atoms with Crippen LogP contribution in [-0.4, -0.2) is 40.6 Å². The van der Waals surface area contributed by atoms with E-state index in [1.165, 1.54) is 30.9 Å². The van der Waals surface area contributed by atoms with Crippen LogP contribution in [0.1, 0.15) is 11.1 Å². The predicted molar refractivity (Wildman–Crippen MR) is 190 cm³/mol. The second kappa shape index (κ2) is 14.4. The number of nitrogens with one attached hydrogen (secondary N) is 3. The number of hydrogen-bond donors (Lipinski definition) is 3. The number of pyridine rings is 1. The van der Waals surface area contributed by atoms with Crippen molar-refractivity contribution in [2.75, 3.05) is 30.2 Å². The van der Waals surface area contributed by atoms with Gasteiger partial charge in [-0.05, 0) is 54.5 Å². The second-order valence-electron chi connectivity index (χ2n) is 10.4. The average molecular weight is 686 g/mol. The summed E-state index contributed by atoms with van der Waals surface area (Å²) in [5.74, 6) is -0.0221. The Labute approximate surface area is 285 Å². The van der Waals surface area contributed by atoms with Crippen LogP contribution < -0.4 is 31.0 Å². The molecule has 48 heavy (non-hydrogen) atoms. The zero-order chi connectivity index (χ0) is 34.5. The zero-order valence-corrected chi connectivity index (χ0v) is 27.7. The molecule has 0 saturated carbocycles. The topological polar surface area (TPSA) is 136 Å². The number of rotatable bonds is 11. The first-order valence-corrected chi connectivity index (χ1v) is 15.2. The van der Waals surface area contributed by atoms with Gasteiger partial charge in [0.15, 0.2) is 0 Å². The van der Waals surface area contributed by atoms with Crippen LogP contribution in [0.2, 0.25) is 10.0 Å². The van der Waals surface area contributed by atoms with Gasteiger partial charge in [0.2, 0.25) is 17.8 Å². The van der Waals surface area contributed by atoms with Crippen molar-refractivity contribution in [1.29, 1.82) is 0 Å². The smallest absolute Gasteiger partial charge is 0.260 e. The summed E-state index contributed by atoms with van der Waals surface area (Å²) in [6.07, 6.45) is 3.91. The van der Waals surface area contributed by atoms with Crippen molar-refractivity contribution in [2.24, 2.45) is 0 Å². The highest BCUT2D eigenvalue weighted by atomic mass is 35.5. The number of anilines is 4. The van der Waals surface area contributed by atoms with Crippen LogP contribution >= 0.6 is 23.2 Å². The summed E-state index contributed by atoms with van der Waals surface area (Å²) in [7, 11) is 2.90. The summed E-state index contributed by atoms with van der Waals surface area (Å²) in [5, 5.41) is 9.43. The molecule has 0 aliphatic carbocycles. The quantitative estimate of drug-likeness (QED) is 0.125. The molecular weight excluding hydrogens is 655 g/mol. The van der Waals surface area contributed by atoms with Crippen LogP contribution in [0.15, 0.2) is 90.9 Å². The van der Waals surface area contributed by atoms with E-state index in [1.807, 2.05) is 13.0 Å². The van der Waals surface area contributed by atoms with Gasteiger partial charge in [0, 0.05) is 28.9 Å². The van der Waals surface area contributed by atoms with E-state index in [-0.39, 0.29) is 57.0 Å². The third kappa shape index (κ3) is 6.87. The number of ether oxygens (including phenoxy) is 2. The van der Waals surface area contributed by atoms with E-state index in [0.717, 1.165) is 11.1 Å². The van der Waals surface area contributed by atoms with Gasteiger partial charge in [0.05, 0.1) is 47.7 Å². The molecule has 11 nitrogen and oxygen atoms in total. The normalized spacial score (nSPS) is 10.7. The Bertz CT molecular complexity index is 2120. The first-order chi connectivity index (χ1) is 23.1. The summed E-state index contributed by atoms with van der Waals surface area (Å²) in [6.45, 7) is 8.94. The number of fused-ring (bicyclic) bond motifs is 1. The van der Waals surface area contributed by atoms with E-state index < -0.39 is 5.56 Å². The van der Waals surface area contributed by atoms with Crippen molar-refractivity contribution in [3.63, 3.8) is 0 Å². The molecule has 0 aliphatic rings. The predicted octanol–water partition coefficient (Wildman–Crippen LogP) is 7.13. The number of amides is 2. The van der Waals surface area contributed by atoms with Crippen molar-refractivity contribution in [1.82, 2.24) is 14.5 Å². The molecule has 0 aliphatic heterocycles. The van der Waals surface area contributed by atoms with E-state index in [9.17, 15) is 14.4 Å². The number of aryl methyl sites for hydroxylation is 1. The maximum absolute atomic E-state index is 14.4. The largest absolute Gasteiger partial charge is 0.495 e. The molecule has 5 rings (SSSR count). The van der Waals surface area contributed by atoms with Gasteiger partial charge in [-0.2, -0.15) is 4.98 Å². The van der Waals surface area contributed by atoms with Crippen molar-refractivity contribution >= 4 is 69.1 Å². The monoisotopic (exact) mass is 684 g/mol. The number of methoxy groups -OCH3 is 2. The molecule has 0 saturated heterocycles. The minimum Gasteiger partial charge on any atom is -0.495 e. The fourth-order valence-electron chi connectivity index (χ4n) is 4.97. The van der Waals surface area contributed by atoms with E-state index in [1.54, 1.807) is 54.7 Å². The summed E-state index contributed by atoms with van der Waals surface area (Å²) in [5.41, 5.74) is 3.41. The lowest BCUT2D eigenvalue weighted by molar-refractivity contribution is -0.112. The Hall–Kier alpha value is -5.65. The second-order valence-corrected chi connectivity index (χ2v) is 11.2. The molecule has 0 fully saturated rings. The Kier molecular flexibility index (Phi) is 10.1. The van der Waals surface area contributed by atoms with Gasteiger partial charge >= 0.3 is 0 Å². The van der Waals surface area contributed by atoms with Crippen LogP contribution in [-0.2, 0) is 16.1 Å². The standard InChI is InChI=1S/C35H30Cl2N6O5/c1-6-27(44)39-22-13-11-20(12-14-22)18-43-33-21(15-23(34(43)46)29-30(36)25(47-4)16-26(48-5)31(29)37)17-38-35(42-33)41-32-19(3)9-8-10-24(32)40-28(45)7-2/h6-17H,1-2,18H2,3-5H3,(H,39,44)(H,40,45)(H,38,41,42). The lowest BCUT2D eigenvalue weighted by atomic mass is 10.0. The Morgan fingerprint density at radius 2 is 1.58 bits per heavy atom. The molecule has 0 unspecified atom stereocenters. The lowest BCUT2D eigenvalue weighted by Crippen LogP contribution is -2.24. The van der Waals surface area contributed by atoms with E-state index in [4.69, 9.17) is 37.7 Å². The number of benzene rings is 3. The average Bonchev–Trinajstić information content (AvgIpc) is 3.08. The highest BCUT2D eigenvalue weighted by Gasteiger charge is 2.23. The summed E-state index contributed by atoms with van der Waals surface area (Å²) >= 11 is 13.5. The first kappa shape index (κ1) is 33.7. The van der Waals surface area contributed by atoms with E-state index in [2.05, 4.69) is 34.1 Å². The number of carbonyl (C=O) groups is 2. The van der Waals surface area contributed by atoms with Crippen LogP contribution in [0.4, 0.5) is 23.0 Å². The van der Waals surface area contributed by atoms with E-state index in [0.29, 0.717) is 28.1 Å². The van der Waals surface area contributed by atoms with Crippen molar-refractivity contribution in [2.45, 2.75) is 13.5 Å². The van der Waals surface area contributed by atoms with Gasteiger partial charge in [-0.1, -0.05) is 60.6 Å². The Morgan fingerprint density at radius 3 is 2.21 bits per heavy atom. The minimum absolute atomic E-state index is 0.0800. The molecule has 2 heterocycles. The van der Waals surface area contributed by atoms with Crippen LogP contribution in [0.5, 0.6) is 11.5 Å². The fraction of sp³-hybridized carbons (Fsp3) is 0.114. The zero-order valence-electron chi connectivity index (χ0n) is 26.2. The van der Waals surface area contributed by atoms with Gasteiger partial charge in [-0.3, -0.25) is 19.0 Å². The maximum Gasteiger partial charge on any atom is 0.260 e. The van der Waals surface area contributed by atoms with Gasteiger partial charge in [-0.15, -0.1) is 0 Å². The molecule has 3 aromatic carbocycles. The van der Waals surface area contributed by atoms with Crippen LogP contribution in [0.25, 0.3) is 22.2 Å². The SMILES string of the molecule is C=CC(=O)Nc1ccc(Cn2c(=O)c(-c3c(Cl)c(OC)cc(OC)c3Cl)cc3cnc(Nc4c(C)cccc4NC(=O)C=C)nc32)cc1. The van der Waals surface area contributed by atoms with Gasteiger partial charge in [-0.25, -0.2) is 4.98 Å². The molecule has 244 valence electrons. The fourth-order valence-corrected chi connectivity index (χ4v) is 5.67. The molecule has 0 radical (unpaired) electrons. The molecule has 2 amide bonds. The molecule has 0 spiro atoms. The molecular formula is C35H30Cl2N6O5. The molecule has 0 atom stereocenters. The van der Waals surface area contributed by atoms with E-state index >= 15 is 0 Å². The number of hydrogen-bond acceptors (Lipinski definition) is 8. The summed E-state index contributed by atoms with van der Waals surface area (Å²) < 4.78 is 12.4. The molecule has 0 bridgehead atoms. The maximum atomic E-state index is 14.4. The van der Waals surface area contributed by atoms with Gasteiger partial charge < -0.3 is 25.4 Å². The van der Waals surface area contributed by atoms with Crippen molar-refractivity contribution in [3.05, 3.63) is 118 Å². The highest BCUT2D eigenvalue weighted by molar-refractivity contribution is 6.41. The minimum atomic E-state index is -0.454. The summed E-state index contributed by atoms with van der Waals surface area (Å²) in [6, 6.07) is 15.5. The molecule has 5 aromatic rings.